The highest BCUT2D eigenvalue weighted by molar-refractivity contribution is 7.99. The lowest BCUT2D eigenvalue weighted by Gasteiger charge is -2.25. The van der Waals surface area contributed by atoms with Gasteiger partial charge in [-0.05, 0) is 32.1 Å². The Balaban J connectivity index is 4.04. The van der Waals surface area contributed by atoms with E-state index in [4.69, 9.17) is 0 Å². The maximum atomic E-state index is 3.32. The van der Waals surface area contributed by atoms with Crippen molar-refractivity contribution < 1.29 is 0 Å². The van der Waals surface area contributed by atoms with Crippen LogP contribution in [0.2, 0.25) is 0 Å². The Morgan fingerprint density at radius 3 is 2.25 bits per heavy atom. The van der Waals surface area contributed by atoms with E-state index in [0.29, 0.717) is 17.2 Å². The summed E-state index contributed by atoms with van der Waals surface area (Å²) in [5.41, 5.74) is 0. The number of hydrogen-bond donors (Lipinski definition) is 1. The molecule has 0 spiro atoms. The van der Waals surface area contributed by atoms with Gasteiger partial charge in [0, 0.05) is 0 Å². The van der Waals surface area contributed by atoms with E-state index in [1.54, 1.807) is 0 Å². The summed E-state index contributed by atoms with van der Waals surface area (Å²) in [5, 5.41) is 3.89. The molecule has 1 nitrogen and oxygen atoms in total. The predicted octanol–water partition coefficient (Wildman–Crippen LogP) is 2.74. The second kappa shape index (κ2) is 6.55. The Morgan fingerprint density at radius 1 is 1.33 bits per heavy atom. The smallest absolute Gasteiger partial charge is 0.0558 e. The number of allylic oxidation sites excluding steroid dienone is 2. The summed E-state index contributed by atoms with van der Waals surface area (Å²) in [6.07, 6.45) is 6.56. The van der Waals surface area contributed by atoms with Crippen molar-refractivity contribution in [3.63, 3.8) is 0 Å². The zero-order valence-electron chi connectivity index (χ0n) is 8.79. The van der Waals surface area contributed by atoms with Gasteiger partial charge in [0.1, 0.15) is 0 Å². The molecule has 3 atom stereocenters. The van der Waals surface area contributed by atoms with Crippen LogP contribution in [0.25, 0.3) is 0 Å². The fraction of sp³-hybridized carbons (Fsp3) is 0.800. The Labute approximate surface area is 81.0 Å². The SMILES string of the molecule is C/C=C/[C@H](C)[C@H](C)[C@@H](NC)SC. The largest absolute Gasteiger partial charge is 0.308 e. The second-order valence-electron chi connectivity index (χ2n) is 3.19. The van der Waals surface area contributed by atoms with Crippen molar-refractivity contribution in [3.05, 3.63) is 12.2 Å². The molecule has 72 valence electrons. The zero-order chi connectivity index (χ0) is 9.56. The monoisotopic (exact) mass is 187 g/mol. The third kappa shape index (κ3) is 3.63. The van der Waals surface area contributed by atoms with E-state index in [1.165, 1.54) is 0 Å². The van der Waals surface area contributed by atoms with Gasteiger partial charge in [-0.1, -0.05) is 26.0 Å². The normalized spacial score (nSPS) is 19.4. The Kier molecular flexibility index (Phi) is 6.58. The van der Waals surface area contributed by atoms with Crippen LogP contribution in [-0.2, 0) is 0 Å². The van der Waals surface area contributed by atoms with E-state index in [0.717, 1.165) is 0 Å². The molecule has 0 radical (unpaired) electrons. The van der Waals surface area contributed by atoms with Crippen LogP contribution in [0, 0.1) is 11.8 Å². The average molecular weight is 187 g/mol. The molecule has 0 aromatic heterocycles. The number of thioether (sulfide) groups is 1. The van der Waals surface area contributed by atoms with Gasteiger partial charge in [0.25, 0.3) is 0 Å². The standard InChI is InChI=1S/C10H21NS/c1-6-7-8(2)9(3)10(11-4)12-5/h6-11H,1-5H3/b7-6+/t8-,9-,10-/m0/s1. The molecule has 0 aliphatic heterocycles. The summed E-state index contributed by atoms with van der Waals surface area (Å²) in [5.74, 6) is 1.33. The highest BCUT2D eigenvalue weighted by Crippen LogP contribution is 2.22. The van der Waals surface area contributed by atoms with Crippen LogP contribution in [0.15, 0.2) is 12.2 Å². The van der Waals surface area contributed by atoms with Crippen LogP contribution < -0.4 is 5.32 Å². The van der Waals surface area contributed by atoms with Gasteiger partial charge in [-0.15, -0.1) is 11.8 Å². The lowest BCUT2D eigenvalue weighted by Crippen LogP contribution is -2.31. The molecule has 0 saturated heterocycles. The summed E-state index contributed by atoms with van der Waals surface area (Å²) in [6.45, 7) is 6.64. The van der Waals surface area contributed by atoms with Crippen molar-refractivity contribution in [2.75, 3.05) is 13.3 Å². The summed E-state index contributed by atoms with van der Waals surface area (Å²) in [6, 6.07) is 0. The molecule has 2 heteroatoms. The van der Waals surface area contributed by atoms with Gasteiger partial charge in [-0.2, -0.15) is 0 Å². The second-order valence-corrected chi connectivity index (χ2v) is 4.17. The topological polar surface area (TPSA) is 12.0 Å². The molecule has 0 heterocycles. The molecular formula is C10H21NS. The molecule has 0 fully saturated rings. The van der Waals surface area contributed by atoms with E-state index in [1.807, 2.05) is 18.8 Å². The molecule has 0 aromatic rings. The predicted molar refractivity (Wildman–Crippen MR) is 59.5 cm³/mol. The van der Waals surface area contributed by atoms with Gasteiger partial charge in [-0.3, -0.25) is 0 Å². The van der Waals surface area contributed by atoms with Gasteiger partial charge < -0.3 is 5.32 Å². The summed E-state index contributed by atoms with van der Waals surface area (Å²) >= 11 is 1.89. The number of nitrogens with one attached hydrogen (secondary N) is 1. The quantitative estimate of drug-likeness (QED) is 0.524. The zero-order valence-corrected chi connectivity index (χ0v) is 9.61. The Hall–Kier alpha value is 0.0500. The van der Waals surface area contributed by atoms with E-state index >= 15 is 0 Å². The van der Waals surface area contributed by atoms with Gasteiger partial charge >= 0.3 is 0 Å². The first kappa shape index (κ1) is 12.0. The molecular weight excluding hydrogens is 166 g/mol. The maximum absolute atomic E-state index is 3.32. The highest BCUT2D eigenvalue weighted by atomic mass is 32.2. The molecule has 0 aromatic carbocycles. The molecule has 0 aliphatic carbocycles. The van der Waals surface area contributed by atoms with Crippen molar-refractivity contribution in [2.24, 2.45) is 11.8 Å². The van der Waals surface area contributed by atoms with E-state index in [2.05, 4.69) is 44.5 Å². The highest BCUT2D eigenvalue weighted by Gasteiger charge is 2.17. The first-order valence-electron chi connectivity index (χ1n) is 4.50. The first-order chi connectivity index (χ1) is 5.67. The van der Waals surface area contributed by atoms with Gasteiger partial charge in [0.2, 0.25) is 0 Å². The number of hydrogen-bond acceptors (Lipinski definition) is 2. The number of rotatable bonds is 5. The van der Waals surface area contributed by atoms with Crippen LogP contribution in [-0.4, -0.2) is 18.7 Å². The molecule has 0 unspecified atom stereocenters. The van der Waals surface area contributed by atoms with Crippen molar-refractivity contribution in [3.8, 4) is 0 Å². The minimum atomic E-state index is 0.566. The lowest BCUT2D eigenvalue weighted by atomic mass is 9.95. The van der Waals surface area contributed by atoms with E-state index in [-0.39, 0.29) is 0 Å². The van der Waals surface area contributed by atoms with Crippen molar-refractivity contribution in [1.82, 2.24) is 5.32 Å². The summed E-state index contributed by atoms with van der Waals surface area (Å²) < 4.78 is 0. The Morgan fingerprint density at radius 2 is 1.92 bits per heavy atom. The van der Waals surface area contributed by atoms with Gasteiger partial charge in [-0.25, -0.2) is 0 Å². The molecule has 0 bridgehead atoms. The summed E-state index contributed by atoms with van der Waals surface area (Å²) in [4.78, 5) is 0. The van der Waals surface area contributed by atoms with Crippen molar-refractivity contribution in [1.29, 1.82) is 0 Å². The van der Waals surface area contributed by atoms with Crippen molar-refractivity contribution >= 4 is 11.8 Å². The van der Waals surface area contributed by atoms with Crippen molar-refractivity contribution in [2.45, 2.75) is 26.1 Å². The molecule has 0 aliphatic rings. The average Bonchev–Trinajstić information content (AvgIpc) is 2.07. The van der Waals surface area contributed by atoms with Gasteiger partial charge in [0.05, 0.1) is 5.37 Å². The van der Waals surface area contributed by atoms with Crippen LogP contribution in [0.4, 0.5) is 0 Å². The third-order valence-electron chi connectivity index (χ3n) is 2.34. The van der Waals surface area contributed by atoms with Gasteiger partial charge in [0.15, 0.2) is 0 Å². The first-order valence-corrected chi connectivity index (χ1v) is 5.79. The van der Waals surface area contributed by atoms with Crippen LogP contribution >= 0.6 is 11.8 Å². The molecule has 0 saturated carbocycles. The Bertz CT molecular complexity index is 130. The molecule has 1 N–H and O–H groups in total. The van der Waals surface area contributed by atoms with Crippen LogP contribution in [0.5, 0.6) is 0 Å². The fourth-order valence-corrected chi connectivity index (χ4v) is 2.26. The van der Waals surface area contributed by atoms with Crippen LogP contribution in [0.1, 0.15) is 20.8 Å². The minimum Gasteiger partial charge on any atom is -0.308 e. The fourth-order valence-electron chi connectivity index (χ4n) is 1.35. The van der Waals surface area contributed by atoms with Crippen LogP contribution in [0.3, 0.4) is 0 Å². The minimum absolute atomic E-state index is 0.566. The van der Waals surface area contributed by atoms with E-state index in [9.17, 15) is 0 Å². The lowest BCUT2D eigenvalue weighted by molar-refractivity contribution is 0.415. The third-order valence-corrected chi connectivity index (χ3v) is 3.51. The molecule has 0 rings (SSSR count). The molecule has 0 amide bonds. The maximum Gasteiger partial charge on any atom is 0.0558 e. The summed E-state index contributed by atoms with van der Waals surface area (Å²) in [7, 11) is 2.03. The van der Waals surface area contributed by atoms with E-state index < -0.39 is 0 Å². The molecule has 12 heavy (non-hydrogen) atoms.